The van der Waals surface area contributed by atoms with Gasteiger partial charge in [0.1, 0.15) is 0 Å². The molecule has 0 bridgehead atoms. The van der Waals surface area contributed by atoms with Crippen LogP contribution in [0.4, 0.5) is 6.01 Å². The summed E-state index contributed by atoms with van der Waals surface area (Å²) in [6.07, 6.45) is 3.50. The van der Waals surface area contributed by atoms with E-state index in [9.17, 15) is 4.79 Å². The first kappa shape index (κ1) is 16.0. The van der Waals surface area contributed by atoms with Crippen molar-refractivity contribution >= 4 is 29.6 Å². The molecule has 5 nitrogen and oxygen atoms in total. The number of halogens is 1. The molecule has 0 saturated carbocycles. The van der Waals surface area contributed by atoms with Crippen LogP contribution < -0.4 is 5.32 Å². The van der Waals surface area contributed by atoms with Crippen LogP contribution in [0.3, 0.4) is 0 Å². The maximum absolute atomic E-state index is 11.9. The molecule has 1 N–H and O–H groups in total. The molecule has 2 aromatic carbocycles. The number of anilines is 1. The van der Waals surface area contributed by atoms with E-state index in [0.29, 0.717) is 17.3 Å². The number of rotatable bonds is 5. The van der Waals surface area contributed by atoms with Crippen molar-refractivity contribution in [2.75, 3.05) is 5.32 Å². The number of carbonyl (C=O) groups excluding carboxylic acids is 1. The van der Waals surface area contributed by atoms with Crippen molar-refractivity contribution in [3.63, 3.8) is 0 Å². The molecule has 0 aliphatic rings. The molecule has 6 heteroatoms. The SMILES string of the molecule is O=C(/C=C/c1ccccc1Cl)Nc1nnc(Cc2ccccc2)o1. The molecule has 24 heavy (non-hydrogen) atoms. The van der Waals surface area contributed by atoms with Gasteiger partial charge in [0.25, 0.3) is 5.91 Å². The summed E-state index contributed by atoms with van der Waals surface area (Å²) in [5.74, 6) is 0.0661. The molecule has 1 aromatic heterocycles. The molecule has 0 unspecified atom stereocenters. The first-order valence-electron chi connectivity index (χ1n) is 7.30. The average molecular weight is 340 g/mol. The Bertz CT molecular complexity index is 859. The molecule has 0 radical (unpaired) electrons. The zero-order valence-corrected chi connectivity index (χ0v) is 13.4. The second-order valence-corrected chi connectivity index (χ2v) is 5.41. The minimum Gasteiger partial charge on any atom is -0.407 e. The third kappa shape index (κ3) is 4.30. The molecular weight excluding hydrogens is 326 g/mol. The van der Waals surface area contributed by atoms with E-state index in [1.165, 1.54) is 6.08 Å². The molecule has 0 aliphatic heterocycles. The zero-order valence-electron chi connectivity index (χ0n) is 12.6. The Hall–Kier alpha value is -2.92. The van der Waals surface area contributed by atoms with Crippen LogP contribution in [0.15, 0.2) is 65.1 Å². The normalized spacial score (nSPS) is 10.9. The molecule has 0 spiro atoms. The van der Waals surface area contributed by atoms with Crippen LogP contribution in [0.1, 0.15) is 17.0 Å². The van der Waals surface area contributed by atoms with Gasteiger partial charge in [-0.3, -0.25) is 10.1 Å². The first-order valence-corrected chi connectivity index (χ1v) is 7.68. The Morgan fingerprint density at radius 2 is 1.83 bits per heavy atom. The Balaban J connectivity index is 1.60. The summed E-state index contributed by atoms with van der Waals surface area (Å²) in [5, 5.41) is 10.8. The van der Waals surface area contributed by atoms with Gasteiger partial charge in [-0.25, -0.2) is 0 Å². The van der Waals surface area contributed by atoms with E-state index in [4.69, 9.17) is 16.0 Å². The molecule has 3 aromatic rings. The highest BCUT2D eigenvalue weighted by Gasteiger charge is 2.08. The van der Waals surface area contributed by atoms with Crippen molar-refractivity contribution in [2.24, 2.45) is 0 Å². The predicted octanol–water partition coefficient (Wildman–Crippen LogP) is 3.97. The fourth-order valence-electron chi connectivity index (χ4n) is 2.07. The van der Waals surface area contributed by atoms with Gasteiger partial charge in [0, 0.05) is 11.1 Å². The fraction of sp³-hybridized carbons (Fsp3) is 0.0556. The molecule has 0 atom stereocenters. The quantitative estimate of drug-likeness (QED) is 0.714. The molecule has 3 rings (SSSR count). The largest absolute Gasteiger partial charge is 0.407 e. The van der Waals surface area contributed by atoms with Crippen molar-refractivity contribution in [3.05, 3.63) is 82.7 Å². The summed E-state index contributed by atoms with van der Waals surface area (Å²) < 4.78 is 5.42. The van der Waals surface area contributed by atoms with Crippen LogP contribution >= 0.6 is 11.6 Å². The highest BCUT2D eigenvalue weighted by Crippen LogP contribution is 2.16. The number of hydrogen-bond donors (Lipinski definition) is 1. The number of nitrogens with one attached hydrogen (secondary N) is 1. The van der Waals surface area contributed by atoms with Crippen LogP contribution in [0.2, 0.25) is 5.02 Å². The van der Waals surface area contributed by atoms with Crippen molar-refractivity contribution in [2.45, 2.75) is 6.42 Å². The van der Waals surface area contributed by atoms with Gasteiger partial charge < -0.3 is 4.42 Å². The van der Waals surface area contributed by atoms with Crippen molar-refractivity contribution in [1.82, 2.24) is 10.2 Å². The number of nitrogens with zero attached hydrogens (tertiary/aromatic N) is 2. The number of benzene rings is 2. The number of aromatic nitrogens is 2. The Morgan fingerprint density at radius 3 is 2.62 bits per heavy atom. The van der Waals surface area contributed by atoms with Crippen molar-refractivity contribution < 1.29 is 9.21 Å². The standard InChI is InChI=1S/C18H14ClN3O2/c19-15-9-5-4-8-14(15)10-11-16(23)20-18-22-21-17(24-18)12-13-6-2-1-3-7-13/h1-11H,12H2,(H,20,22,23)/b11-10+. The van der Waals surface area contributed by atoms with E-state index >= 15 is 0 Å². The average Bonchev–Trinajstić information content (AvgIpc) is 3.02. The summed E-state index contributed by atoms with van der Waals surface area (Å²) in [4.78, 5) is 11.9. The molecule has 120 valence electrons. The van der Waals surface area contributed by atoms with Gasteiger partial charge in [-0.05, 0) is 23.3 Å². The van der Waals surface area contributed by atoms with Gasteiger partial charge in [0.15, 0.2) is 0 Å². The van der Waals surface area contributed by atoms with Crippen LogP contribution in [-0.2, 0) is 11.2 Å². The van der Waals surface area contributed by atoms with Crippen LogP contribution in [0.5, 0.6) is 0 Å². The van der Waals surface area contributed by atoms with Gasteiger partial charge in [-0.1, -0.05) is 65.2 Å². The summed E-state index contributed by atoms with van der Waals surface area (Å²) in [5.41, 5.74) is 1.81. The topological polar surface area (TPSA) is 68.0 Å². The van der Waals surface area contributed by atoms with E-state index in [0.717, 1.165) is 11.1 Å². The van der Waals surface area contributed by atoms with Gasteiger partial charge in [0.2, 0.25) is 5.89 Å². The first-order chi connectivity index (χ1) is 11.7. The van der Waals surface area contributed by atoms with E-state index < -0.39 is 0 Å². The third-order valence-electron chi connectivity index (χ3n) is 3.21. The van der Waals surface area contributed by atoms with Crippen LogP contribution in [0.25, 0.3) is 6.08 Å². The molecule has 0 fully saturated rings. The van der Waals surface area contributed by atoms with E-state index in [-0.39, 0.29) is 11.9 Å². The molecule has 0 saturated heterocycles. The Morgan fingerprint density at radius 1 is 1.08 bits per heavy atom. The van der Waals surface area contributed by atoms with Crippen molar-refractivity contribution in [1.29, 1.82) is 0 Å². The summed E-state index contributed by atoms with van der Waals surface area (Å²) in [7, 11) is 0. The smallest absolute Gasteiger partial charge is 0.322 e. The van der Waals surface area contributed by atoms with Gasteiger partial charge >= 0.3 is 6.01 Å². The van der Waals surface area contributed by atoms with Gasteiger partial charge in [-0.2, -0.15) is 0 Å². The lowest BCUT2D eigenvalue weighted by Crippen LogP contribution is -2.07. The van der Waals surface area contributed by atoms with Crippen LogP contribution in [0, 0.1) is 0 Å². The monoisotopic (exact) mass is 339 g/mol. The second kappa shape index (κ2) is 7.57. The molecule has 0 aliphatic carbocycles. The molecular formula is C18H14ClN3O2. The highest BCUT2D eigenvalue weighted by atomic mass is 35.5. The Labute approximate surface area is 144 Å². The Kier molecular flexibility index (Phi) is 5.03. The second-order valence-electron chi connectivity index (χ2n) is 5.01. The number of hydrogen-bond acceptors (Lipinski definition) is 4. The third-order valence-corrected chi connectivity index (χ3v) is 3.56. The van der Waals surface area contributed by atoms with Crippen LogP contribution in [-0.4, -0.2) is 16.1 Å². The van der Waals surface area contributed by atoms with Crippen molar-refractivity contribution in [3.8, 4) is 0 Å². The summed E-state index contributed by atoms with van der Waals surface area (Å²) in [6.45, 7) is 0. The number of carbonyl (C=O) groups is 1. The lowest BCUT2D eigenvalue weighted by molar-refractivity contribution is -0.112. The molecule has 1 amide bonds. The maximum Gasteiger partial charge on any atom is 0.322 e. The fourth-order valence-corrected chi connectivity index (χ4v) is 2.27. The predicted molar refractivity (Wildman–Crippen MR) is 92.7 cm³/mol. The minimum absolute atomic E-state index is 0.0646. The van der Waals surface area contributed by atoms with E-state index in [2.05, 4.69) is 15.5 Å². The zero-order chi connectivity index (χ0) is 16.8. The highest BCUT2D eigenvalue weighted by molar-refractivity contribution is 6.32. The summed E-state index contributed by atoms with van der Waals surface area (Å²) >= 11 is 6.02. The lowest BCUT2D eigenvalue weighted by Gasteiger charge is -1.97. The lowest BCUT2D eigenvalue weighted by atomic mass is 10.2. The van der Waals surface area contributed by atoms with E-state index in [1.807, 2.05) is 48.5 Å². The maximum atomic E-state index is 11.9. The molecule has 1 heterocycles. The minimum atomic E-state index is -0.371. The number of amides is 1. The summed E-state index contributed by atoms with van der Waals surface area (Å²) in [6, 6.07) is 17.1. The van der Waals surface area contributed by atoms with E-state index in [1.54, 1.807) is 12.1 Å². The van der Waals surface area contributed by atoms with Gasteiger partial charge in [-0.15, -0.1) is 5.10 Å². The van der Waals surface area contributed by atoms with Gasteiger partial charge in [0.05, 0.1) is 6.42 Å².